The molecule has 2 heteroatoms. The van der Waals surface area contributed by atoms with Gasteiger partial charge in [-0.2, -0.15) is 0 Å². The molecule has 4 atom stereocenters. The molecule has 2 nitrogen and oxygen atoms in total. The first-order valence-electron chi connectivity index (χ1n) is 5.14. The van der Waals surface area contributed by atoms with Gasteiger partial charge in [0.2, 0.25) is 0 Å². The van der Waals surface area contributed by atoms with Crippen LogP contribution in [0.3, 0.4) is 0 Å². The Morgan fingerprint density at radius 2 is 2.08 bits per heavy atom. The second-order valence-corrected chi connectivity index (χ2v) is 4.74. The summed E-state index contributed by atoms with van der Waals surface area (Å²) in [5.74, 6) is 2.89. The van der Waals surface area contributed by atoms with E-state index in [-0.39, 0.29) is 0 Å². The number of hydrogen-bond acceptors (Lipinski definition) is 2. The quantitative estimate of drug-likeness (QED) is 0.539. The second-order valence-electron chi connectivity index (χ2n) is 4.74. The highest BCUT2D eigenvalue weighted by molar-refractivity contribution is 5.01. The lowest BCUT2D eigenvalue weighted by atomic mass is 9.84. The van der Waals surface area contributed by atoms with Gasteiger partial charge in [-0.1, -0.05) is 0 Å². The molecule has 1 heterocycles. The fraction of sp³-hybridized carbons (Fsp3) is 1.00. The minimum atomic E-state index is 0.865. The highest BCUT2D eigenvalue weighted by atomic mass is 16.5. The number of hydrogen-bond donors (Lipinski definition) is 0. The van der Waals surface area contributed by atoms with Crippen molar-refractivity contribution in [3.8, 4) is 0 Å². The lowest BCUT2D eigenvalue weighted by molar-refractivity contribution is -0.0869. The molecule has 12 heavy (non-hydrogen) atoms. The largest absolute Gasteiger partial charge is 0.366 e. The molecule has 3 rings (SSSR count). The van der Waals surface area contributed by atoms with E-state index in [1.165, 1.54) is 19.3 Å². The van der Waals surface area contributed by atoms with Gasteiger partial charge in [-0.05, 0) is 38.1 Å². The minimum Gasteiger partial charge on any atom is -0.366 e. The van der Waals surface area contributed by atoms with E-state index < -0.39 is 0 Å². The Morgan fingerprint density at radius 1 is 1.25 bits per heavy atom. The maximum Gasteiger partial charge on any atom is 0.0990 e. The predicted molar refractivity (Wildman–Crippen MR) is 46.7 cm³/mol. The smallest absolute Gasteiger partial charge is 0.0990 e. The van der Waals surface area contributed by atoms with Crippen molar-refractivity contribution in [3.05, 3.63) is 0 Å². The molecular weight excluding hydrogens is 150 g/mol. The zero-order valence-corrected chi connectivity index (χ0v) is 7.70. The van der Waals surface area contributed by atoms with Gasteiger partial charge in [-0.25, -0.2) is 0 Å². The van der Waals surface area contributed by atoms with Gasteiger partial charge in [0.05, 0.1) is 13.3 Å². The molecular formula is C10H17NO. The molecule has 0 aromatic rings. The van der Waals surface area contributed by atoms with Gasteiger partial charge in [0.25, 0.3) is 0 Å². The van der Waals surface area contributed by atoms with Crippen LogP contribution in [0.15, 0.2) is 0 Å². The maximum atomic E-state index is 5.57. The van der Waals surface area contributed by atoms with E-state index in [4.69, 9.17) is 4.74 Å². The Balaban J connectivity index is 1.86. The average molecular weight is 167 g/mol. The Hall–Kier alpha value is -0.0800. The van der Waals surface area contributed by atoms with Gasteiger partial charge in [0.15, 0.2) is 0 Å². The summed E-state index contributed by atoms with van der Waals surface area (Å²) < 4.78 is 5.57. The number of nitrogens with zero attached hydrogens (tertiary/aromatic N) is 1. The summed E-state index contributed by atoms with van der Waals surface area (Å²) >= 11 is 0. The van der Waals surface area contributed by atoms with Gasteiger partial charge in [0, 0.05) is 12.0 Å². The van der Waals surface area contributed by atoms with Crippen molar-refractivity contribution in [2.75, 3.05) is 20.4 Å². The Labute approximate surface area is 73.9 Å². The summed E-state index contributed by atoms with van der Waals surface area (Å²) in [5.41, 5.74) is 0. The van der Waals surface area contributed by atoms with Crippen LogP contribution in [0.2, 0.25) is 0 Å². The number of fused-ring (bicyclic) bond motifs is 5. The zero-order chi connectivity index (χ0) is 8.13. The molecule has 0 N–H and O–H groups in total. The highest BCUT2D eigenvalue weighted by Crippen LogP contribution is 2.51. The van der Waals surface area contributed by atoms with E-state index in [2.05, 4.69) is 11.9 Å². The third-order valence-electron chi connectivity index (χ3n) is 4.16. The van der Waals surface area contributed by atoms with Crippen LogP contribution in [0.25, 0.3) is 0 Å². The third-order valence-corrected chi connectivity index (χ3v) is 4.16. The average Bonchev–Trinajstić information content (AvgIpc) is 2.64. The third kappa shape index (κ3) is 0.826. The van der Waals surface area contributed by atoms with Crippen LogP contribution in [0.1, 0.15) is 19.3 Å². The van der Waals surface area contributed by atoms with Gasteiger partial charge in [-0.15, -0.1) is 0 Å². The lowest BCUT2D eigenvalue weighted by Crippen LogP contribution is -2.49. The molecule has 1 saturated heterocycles. The second kappa shape index (κ2) is 2.46. The van der Waals surface area contributed by atoms with Crippen molar-refractivity contribution in [3.63, 3.8) is 0 Å². The van der Waals surface area contributed by atoms with Crippen LogP contribution in [0.4, 0.5) is 0 Å². The van der Waals surface area contributed by atoms with Crippen molar-refractivity contribution < 1.29 is 4.74 Å². The van der Waals surface area contributed by atoms with Crippen LogP contribution in [-0.4, -0.2) is 31.3 Å². The molecule has 1 aliphatic heterocycles. The van der Waals surface area contributed by atoms with Crippen molar-refractivity contribution >= 4 is 0 Å². The lowest BCUT2D eigenvalue weighted by Gasteiger charge is -2.41. The normalized spacial score (nSPS) is 52.8. The molecule has 0 aromatic heterocycles. The van der Waals surface area contributed by atoms with Gasteiger partial charge < -0.3 is 4.74 Å². The molecule has 3 fully saturated rings. The molecule has 68 valence electrons. The number of rotatable bonds is 0. The summed E-state index contributed by atoms with van der Waals surface area (Å²) in [5, 5.41) is 0. The van der Waals surface area contributed by atoms with Crippen molar-refractivity contribution in [2.45, 2.75) is 25.3 Å². The van der Waals surface area contributed by atoms with E-state index in [0.717, 1.165) is 37.1 Å². The van der Waals surface area contributed by atoms with Crippen molar-refractivity contribution in [2.24, 2.45) is 17.8 Å². The molecule has 2 aliphatic carbocycles. The van der Waals surface area contributed by atoms with Crippen LogP contribution in [0, 0.1) is 17.8 Å². The first-order valence-corrected chi connectivity index (χ1v) is 5.14. The topological polar surface area (TPSA) is 12.5 Å². The highest BCUT2D eigenvalue weighted by Gasteiger charge is 2.50. The monoisotopic (exact) mass is 167 g/mol. The summed E-state index contributed by atoms with van der Waals surface area (Å²) in [6, 6.07) is 0.873. The van der Waals surface area contributed by atoms with Crippen molar-refractivity contribution in [1.29, 1.82) is 0 Å². The predicted octanol–water partition coefficient (Wildman–Crippen LogP) is 1.32. The molecule has 0 amide bonds. The molecule has 2 bridgehead atoms. The van der Waals surface area contributed by atoms with Gasteiger partial charge >= 0.3 is 0 Å². The first-order chi connectivity index (χ1) is 5.86. The zero-order valence-electron chi connectivity index (χ0n) is 7.70. The Morgan fingerprint density at radius 3 is 2.92 bits per heavy atom. The van der Waals surface area contributed by atoms with Crippen LogP contribution in [-0.2, 0) is 4.74 Å². The molecule has 2 saturated carbocycles. The first kappa shape index (κ1) is 7.34. The molecule has 0 aromatic carbocycles. The van der Waals surface area contributed by atoms with Gasteiger partial charge in [-0.3, -0.25) is 4.90 Å². The molecule has 0 radical (unpaired) electrons. The van der Waals surface area contributed by atoms with E-state index >= 15 is 0 Å². The van der Waals surface area contributed by atoms with Crippen molar-refractivity contribution in [1.82, 2.24) is 4.90 Å². The summed E-state index contributed by atoms with van der Waals surface area (Å²) in [6.07, 6.45) is 4.45. The van der Waals surface area contributed by atoms with E-state index in [0.29, 0.717) is 0 Å². The minimum absolute atomic E-state index is 0.865. The summed E-state index contributed by atoms with van der Waals surface area (Å²) in [4.78, 5) is 2.43. The maximum absolute atomic E-state index is 5.57. The van der Waals surface area contributed by atoms with Crippen LogP contribution >= 0.6 is 0 Å². The molecule has 0 spiro atoms. The fourth-order valence-electron chi connectivity index (χ4n) is 3.72. The Bertz CT molecular complexity index is 194. The van der Waals surface area contributed by atoms with Crippen LogP contribution < -0.4 is 0 Å². The fourth-order valence-corrected chi connectivity index (χ4v) is 3.72. The van der Waals surface area contributed by atoms with E-state index in [1.807, 2.05) is 0 Å². The van der Waals surface area contributed by atoms with Crippen LogP contribution in [0.5, 0.6) is 0 Å². The summed E-state index contributed by atoms with van der Waals surface area (Å²) in [6.45, 7) is 1.90. The SMILES string of the molecule is CN1COCC2C3CCC(C3)C21. The van der Waals surface area contributed by atoms with Gasteiger partial charge in [0.1, 0.15) is 0 Å². The van der Waals surface area contributed by atoms with E-state index in [9.17, 15) is 0 Å². The molecule has 4 unspecified atom stereocenters. The summed E-state index contributed by atoms with van der Waals surface area (Å²) in [7, 11) is 2.22. The Kier molecular flexibility index (Phi) is 1.50. The number of ether oxygens (including phenoxy) is 1. The standard InChI is InChI=1S/C10H17NO/c1-11-6-12-5-9-7-2-3-8(4-7)10(9)11/h7-10H,2-6H2,1H3. The molecule has 3 aliphatic rings. The van der Waals surface area contributed by atoms with E-state index in [1.54, 1.807) is 0 Å².